The summed E-state index contributed by atoms with van der Waals surface area (Å²) in [7, 11) is 0. The maximum atomic E-state index is 10.6. The van der Waals surface area contributed by atoms with Crippen LogP contribution in [0.2, 0.25) is 0 Å². The van der Waals surface area contributed by atoms with E-state index in [1.807, 2.05) is 0 Å². The lowest BCUT2D eigenvalue weighted by Gasteiger charge is -2.45. The molecule has 11 N–H and O–H groups in total. The maximum absolute atomic E-state index is 10.6. The van der Waals surface area contributed by atoms with Crippen LogP contribution in [0.25, 0.3) is 0 Å². The van der Waals surface area contributed by atoms with Crippen molar-refractivity contribution in [2.45, 2.75) is 92.1 Å². The third kappa shape index (κ3) is 5.52. The van der Waals surface area contributed by atoms with E-state index in [0.29, 0.717) is 0 Å². The fraction of sp³-hybridized carbons (Fsp3) is 1.00. The lowest BCUT2D eigenvalue weighted by molar-refractivity contribution is -0.361. The standard InChI is InChI=1S/C18H32O16/c19-1-4-7(21)10(24)12(26)17(32-4)30-3-6-9(23)15(14(28)16(29)31-6)34-18-13(27)11(25)8(22)5(2-20)33-18/h4-29H,1-3H2/t4-,5-,6-,7-,8-,9-,10+,11+,12+,13+,14+,15+,16+,17+,18-/m1/s1. The highest BCUT2D eigenvalue weighted by Crippen LogP contribution is 2.29. The Kier molecular flexibility index (Phi) is 9.54. The molecule has 3 fully saturated rings. The monoisotopic (exact) mass is 504 g/mol. The lowest BCUT2D eigenvalue weighted by Crippen LogP contribution is -2.65. The van der Waals surface area contributed by atoms with Crippen LogP contribution >= 0.6 is 0 Å². The first-order chi connectivity index (χ1) is 16.0. The van der Waals surface area contributed by atoms with E-state index in [-0.39, 0.29) is 0 Å². The number of aliphatic hydroxyl groups excluding tert-OH is 11. The van der Waals surface area contributed by atoms with Gasteiger partial charge >= 0.3 is 0 Å². The third-order valence-corrected chi connectivity index (χ3v) is 6.07. The summed E-state index contributed by atoms with van der Waals surface area (Å²) >= 11 is 0. The summed E-state index contributed by atoms with van der Waals surface area (Å²) in [6.45, 7) is -2.06. The first-order valence-corrected chi connectivity index (χ1v) is 10.6. The Bertz CT molecular complexity index is 637. The van der Waals surface area contributed by atoms with E-state index in [1.165, 1.54) is 0 Å². The molecule has 0 amide bonds. The first kappa shape index (κ1) is 27.9. The van der Waals surface area contributed by atoms with Crippen LogP contribution in [0.15, 0.2) is 0 Å². The number of ether oxygens (including phenoxy) is 5. The van der Waals surface area contributed by atoms with Crippen LogP contribution in [0, 0.1) is 0 Å². The molecule has 0 spiro atoms. The van der Waals surface area contributed by atoms with Gasteiger partial charge in [-0.3, -0.25) is 0 Å². The molecule has 16 heteroatoms. The van der Waals surface area contributed by atoms with Gasteiger partial charge in [-0.25, -0.2) is 0 Å². The maximum Gasteiger partial charge on any atom is 0.187 e. The molecule has 0 radical (unpaired) electrons. The molecule has 3 rings (SSSR count). The average molecular weight is 504 g/mol. The molecule has 3 saturated heterocycles. The SMILES string of the molecule is OC[C@H]1O[C@H](OC[C@H]2O[C@H](O)[C@@H](O)[C@@H](O[C@H]3O[C@H](CO)[C@@H](O)[C@H](O)[C@@H]3O)[C@@H]2O)[C@@H](O)[C@@H](O)[C@@H]1O. The summed E-state index contributed by atoms with van der Waals surface area (Å²) in [5.41, 5.74) is 0. The summed E-state index contributed by atoms with van der Waals surface area (Å²) in [6.07, 6.45) is -24.9. The minimum atomic E-state index is -1.93. The number of aliphatic hydroxyl groups is 11. The molecule has 15 atom stereocenters. The van der Waals surface area contributed by atoms with E-state index >= 15 is 0 Å². The molecule has 34 heavy (non-hydrogen) atoms. The fourth-order valence-corrected chi connectivity index (χ4v) is 3.94. The van der Waals surface area contributed by atoms with Gasteiger partial charge < -0.3 is 79.9 Å². The normalized spacial score (nSPS) is 52.5. The van der Waals surface area contributed by atoms with Gasteiger partial charge in [0.05, 0.1) is 19.8 Å². The minimum Gasteiger partial charge on any atom is -0.394 e. The molecule has 3 aliphatic heterocycles. The Morgan fingerprint density at radius 1 is 0.500 bits per heavy atom. The molecule has 0 saturated carbocycles. The van der Waals surface area contributed by atoms with Gasteiger partial charge in [-0.05, 0) is 0 Å². The van der Waals surface area contributed by atoms with Gasteiger partial charge in [0.25, 0.3) is 0 Å². The molecule has 200 valence electrons. The van der Waals surface area contributed by atoms with Crippen molar-refractivity contribution >= 4 is 0 Å². The summed E-state index contributed by atoms with van der Waals surface area (Å²) in [6, 6.07) is 0. The molecule has 0 aliphatic carbocycles. The van der Waals surface area contributed by atoms with E-state index in [4.69, 9.17) is 23.7 Å². The molecule has 0 aromatic heterocycles. The smallest absolute Gasteiger partial charge is 0.187 e. The van der Waals surface area contributed by atoms with Gasteiger partial charge in [0.15, 0.2) is 18.9 Å². The predicted molar refractivity (Wildman–Crippen MR) is 101 cm³/mol. The van der Waals surface area contributed by atoms with Crippen LogP contribution in [0.5, 0.6) is 0 Å². The second-order valence-corrected chi connectivity index (χ2v) is 8.37. The van der Waals surface area contributed by atoms with Crippen molar-refractivity contribution < 1.29 is 79.9 Å². The molecule has 0 unspecified atom stereocenters. The topological polar surface area (TPSA) is 269 Å². The zero-order valence-corrected chi connectivity index (χ0v) is 17.7. The third-order valence-electron chi connectivity index (χ3n) is 6.07. The van der Waals surface area contributed by atoms with E-state index in [9.17, 15) is 56.2 Å². The van der Waals surface area contributed by atoms with Gasteiger partial charge in [0.2, 0.25) is 0 Å². The van der Waals surface area contributed by atoms with Gasteiger partial charge in [0, 0.05) is 0 Å². The quantitative estimate of drug-likeness (QED) is 0.154. The Morgan fingerprint density at radius 3 is 1.53 bits per heavy atom. The van der Waals surface area contributed by atoms with Crippen molar-refractivity contribution in [2.24, 2.45) is 0 Å². The zero-order valence-electron chi connectivity index (χ0n) is 17.7. The molecular weight excluding hydrogens is 472 g/mol. The Morgan fingerprint density at radius 2 is 1.00 bits per heavy atom. The minimum absolute atomic E-state index is 0.609. The van der Waals surface area contributed by atoms with E-state index in [2.05, 4.69) is 0 Å². The predicted octanol–water partition coefficient (Wildman–Crippen LogP) is -7.57. The largest absolute Gasteiger partial charge is 0.394 e. The average Bonchev–Trinajstić information content (AvgIpc) is 2.82. The highest BCUT2D eigenvalue weighted by molar-refractivity contribution is 4.94. The van der Waals surface area contributed by atoms with Crippen LogP contribution < -0.4 is 0 Å². The second-order valence-electron chi connectivity index (χ2n) is 8.37. The van der Waals surface area contributed by atoms with E-state index in [0.717, 1.165) is 0 Å². The Balaban J connectivity index is 1.65. The molecule has 3 heterocycles. The van der Waals surface area contributed by atoms with Crippen molar-refractivity contribution in [3.05, 3.63) is 0 Å². The molecule has 3 aliphatic rings. The summed E-state index contributed by atoms with van der Waals surface area (Å²) in [4.78, 5) is 0. The van der Waals surface area contributed by atoms with Crippen molar-refractivity contribution in [3.8, 4) is 0 Å². The zero-order chi connectivity index (χ0) is 25.3. The number of hydrogen-bond acceptors (Lipinski definition) is 16. The van der Waals surface area contributed by atoms with E-state index in [1.54, 1.807) is 0 Å². The molecule has 16 nitrogen and oxygen atoms in total. The number of hydrogen-bond donors (Lipinski definition) is 11. The van der Waals surface area contributed by atoms with Crippen molar-refractivity contribution in [2.75, 3.05) is 19.8 Å². The second kappa shape index (κ2) is 11.6. The number of rotatable bonds is 7. The fourth-order valence-electron chi connectivity index (χ4n) is 3.94. The van der Waals surface area contributed by atoms with Crippen LogP contribution in [0.3, 0.4) is 0 Å². The Hall–Kier alpha value is -0.640. The van der Waals surface area contributed by atoms with Gasteiger partial charge in [0.1, 0.15) is 73.2 Å². The summed E-state index contributed by atoms with van der Waals surface area (Å²) in [5.74, 6) is 0. The summed E-state index contributed by atoms with van der Waals surface area (Å²) in [5, 5.41) is 109. The van der Waals surface area contributed by atoms with E-state index < -0.39 is 112 Å². The van der Waals surface area contributed by atoms with Crippen LogP contribution in [-0.4, -0.2) is 168 Å². The van der Waals surface area contributed by atoms with Crippen molar-refractivity contribution in [1.82, 2.24) is 0 Å². The summed E-state index contributed by atoms with van der Waals surface area (Å²) < 4.78 is 26.1. The van der Waals surface area contributed by atoms with Gasteiger partial charge in [-0.2, -0.15) is 0 Å². The van der Waals surface area contributed by atoms with Gasteiger partial charge in [-0.15, -0.1) is 0 Å². The van der Waals surface area contributed by atoms with Crippen molar-refractivity contribution in [3.63, 3.8) is 0 Å². The van der Waals surface area contributed by atoms with Crippen molar-refractivity contribution in [1.29, 1.82) is 0 Å². The first-order valence-electron chi connectivity index (χ1n) is 10.6. The highest BCUT2D eigenvalue weighted by Gasteiger charge is 2.51. The molecular formula is C18H32O16. The van der Waals surface area contributed by atoms with Crippen LogP contribution in [0.1, 0.15) is 0 Å². The van der Waals surface area contributed by atoms with Crippen LogP contribution in [-0.2, 0) is 23.7 Å². The molecule has 0 aromatic carbocycles. The Labute approximate surface area is 192 Å². The highest BCUT2D eigenvalue weighted by atomic mass is 16.7. The molecule has 0 aromatic rings. The van der Waals surface area contributed by atoms with Crippen LogP contribution in [0.4, 0.5) is 0 Å². The van der Waals surface area contributed by atoms with Gasteiger partial charge in [-0.1, -0.05) is 0 Å². The lowest BCUT2D eigenvalue weighted by atomic mass is 9.97. The molecule has 0 bridgehead atoms.